The molecule has 15 heavy (non-hydrogen) atoms. The lowest BCUT2D eigenvalue weighted by Gasteiger charge is -2.05. The number of hydrogen-bond donors (Lipinski definition) is 1. The Hall–Kier alpha value is -1.75. The standard InChI is InChI=1S/C10H12N2O3/c1-13-5-6-14-7-3-2-4-8-9(7)10(11)12-15-8/h2-4H,5-6H2,1H3,(H2,11,12). The van der Waals surface area contributed by atoms with Gasteiger partial charge in [0.25, 0.3) is 0 Å². The van der Waals surface area contributed by atoms with Crippen molar-refractivity contribution in [1.82, 2.24) is 5.16 Å². The second-order valence-electron chi connectivity index (χ2n) is 3.04. The number of methoxy groups -OCH3 is 1. The number of rotatable bonds is 4. The summed E-state index contributed by atoms with van der Waals surface area (Å²) in [6, 6.07) is 5.45. The molecule has 80 valence electrons. The van der Waals surface area contributed by atoms with Gasteiger partial charge in [0, 0.05) is 7.11 Å². The predicted molar refractivity (Wildman–Crippen MR) is 55.8 cm³/mol. The van der Waals surface area contributed by atoms with E-state index >= 15 is 0 Å². The summed E-state index contributed by atoms with van der Waals surface area (Å²) in [6.07, 6.45) is 0. The summed E-state index contributed by atoms with van der Waals surface area (Å²) in [4.78, 5) is 0. The zero-order valence-electron chi connectivity index (χ0n) is 8.40. The highest BCUT2D eigenvalue weighted by molar-refractivity contribution is 5.92. The van der Waals surface area contributed by atoms with E-state index in [1.165, 1.54) is 0 Å². The van der Waals surface area contributed by atoms with E-state index in [1.54, 1.807) is 13.2 Å². The summed E-state index contributed by atoms with van der Waals surface area (Å²) in [5.41, 5.74) is 6.29. The number of ether oxygens (including phenoxy) is 2. The van der Waals surface area contributed by atoms with Gasteiger partial charge < -0.3 is 19.7 Å². The minimum Gasteiger partial charge on any atom is -0.490 e. The molecule has 0 saturated carbocycles. The Morgan fingerprint density at radius 1 is 1.40 bits per heavy atom. The van der Waals surface area contributed by atoms with Crippen molar-refractivity contribution in [3.8, 4) is 5.75 Å². The van der Waals surface area contributed by atoms with Gasteiger partial charge >= 0.3 is 0 Å². The largest absolute Gasteiger partial charge is 0.490 e. The summed E-state index contributed by atoms with van der Waals surface area (Å²) in [6.45, 7) is 1.00. The Balaban J connectivity index is 2.29. The van der Waals surface area contributed by atoms with E-state index in [0.29, 0.717) is 35.8 Å². The molecule has 0 saturated heterocycles. The van der Waals surface area contributed by atoms with E-state index in [-0.39, 0.29) is 0 Å². The first-order chi connectivity index (χ1) is 7.33. The van der Waals surface area contributed by atoms with Crippen LogP contribution in [0, 0.1) is 0 Å². The van der Waals surface area contributed by atoms with Gasteiger partial charge in [-0.05, 0) is 12.1 Å². The molecule has 0 aliphatic rings. The highest BCUT2D eigenvalue weighted by Crippen LogP contribution is 2.30. The van der Waals surface area contributed by atoms with Crippen LogP contribution < -0.4 is 10.5 Å². The van der Waals surface area contributed by atoms with Crippen LogP contribution in [0.1, 0.15) is 0 Å². The highest BCUT2D eigenvalue weighted by Gasteiger charge is 2.10. The van der Waals surface area contributed by atoms with E-state index in [9.17, 15) is 0 Å². The molecule has 5 heteroatoms. The van der Waals surface area contributed by atoms with Gasteiger partial charge in [0.1, 0.15) is 17.7 Å². The van der Waals surface area contributed by atoms with Gasteiger partial charge in [-0.25, -0.2) is 0 Å². The van der Waals surface area contributed by atoms with Crippen LogP contribution in [0.2, 0.25) is 0 Å². The molecule has 0 fully saturated rings. The molecular weight excluding hydrogens is 196 g/mol. The van der Waals surface area contributed by atoms with Gasteiger partial charge in [-0.15, -0.1) is 0 Å². The summed E-state index contributed by atoms with van der Waals surface area (Å²) in [5, 5.41) is 4.39. The lowest BCUT2D eigenvalue weighted by Crippen LogP contribution is -2.04. The fraction of sp³-hybridized carbons (Fsp3) is 0.300. The number of nitrogen functional groups attached to an aromatic ring is 1. The fourth-order valence-corrected chi connectivity index (χ4v) is 1.34. The van der Waals surface area contributed by atoms with E-state index in [0.717, 1.165) is 0 Å². The van der Waals surface area contributed by atoms with E-state index < -0.39 is 0 Å². The first kappa shape index (κ1) is 9.79. The average Bonchev–Trinajstić information content (AvgIpc) is 2.62. The van der Waals surface area contributed by atoms with Crippen molar-refractivity contribution in [2.75, 3.05) is 26.1 Å². The zero-order chi connectivity index (χ0) is 10.7. The molecule has 0 unspecified atom stereocenters. The summed E-state index contributed by atoms with van der Waals surface area (Å²) >= 11 is 0. The maximum Gasteiger partial charge on any atom is 0.178 e. The Bertz CT molecular complexity index is 453. The first-order valence-corrected chi connectivity index (χ1v) is 4.58. The van der Waals surface area contributed by atoms with Gasteiger partial charge in [-0.3, -0.25) is 0 Å². The molecule has 1 aromatic heterocycles. The van der Waals surface area contributed by atoms with E-state index in [4.69, 9.17) is 19.7 Å². The number of nitrogens with two attached hydrogens (primary N) is 1. The minimum atomic E-state index is 0.345. The maximum absolute atomic E-state index is 5.67. The first-order valence-electron chi connectivity index (χ1n) is 4.58. The molecule has 2 rings (SSSR count). The molecule has 0 spiro atoms. The molecule has 5 nitrogen and oxygen atoms in total. The Morgan fingerprint density at radius 2 is 2.27 bits per heavy atom. The number of hydrogen-bond acceptors (Lipinski definition) is 5. The number of nitrogens with zero attached hydrogens (tertiary/aromatic N) is 1. The van der Waals surface area contributed by atoms with Gasteiger partial charge in [-0.2, -0.15) is 0 Å². The minimum absolute atomic E-state index is 0.345. The molecule has 0 bridgehead atoms. The molecule has 2 N–H and O–H groups in total. The topological polar surface area (TPSA) is 70.5 Å². The van der Waals surface area contributed by atoms with E-state index in [1.807, 2.05) is 12.1 Å². The molecule has 0 radical (unpaired) electrons. The smallest absolute Gasteiger partial charge is 0.178 e. The molecule has 2 aromatic rings. The van der Waals surface area contributed by atoms with Crippen molar-refractivity contribution < 1.29 is 14.0 Å². The summed E-state index contributed by atoms with van der Waals surface area (Å²) in [5.74, 6) is 1.02. The Morgan fingerprint density at radius 3 is 3.07 bits per heavy atom. The van der Waals surface area contributed by atoms with Gasteiger partial charge in [-0.1, -0.05) is 11.2 Å². The van der Waals surface area contributed by atoms with Crippen LogP contribution in [0.15, 0.2) is 22.7 Å². The van der Waals surface area contributed by atoms with Crippen LogP contribution in [0.25, 0.3) is 11.0 Å². The van der Waals surface area contributed by atoms with Crippen LogP contribution in [-0.2, 0) is 4.74 Å². The van der Waals surface area contributed by atoms with Crippen LogP contribution >= 0.6 is 0 Å². The third kappa shape index (κ3) is 1.87. The second-order valence-corrected chi connectivity index (χ2v) is 3.04. The molecule has 1 aromatic carbocycles. The van der Waals surface area contributed by atoms with Gasteiger partial charge in [0.2, 0.25) is 0 Å². The van der Waals surface area contributed by atoms with Crippen molar-refractivity contribution in [3.05, 3.63) is 18.2 Å². The van der Waals surface area contributed by atoms with Crippen LogP contribution in [-0.4, -0.2) is 25.5 Å². The Labute approximate surface area is 86.7 Å². The van der Waals surface area contributed by atoms with E-state index in [2.05, 4.69) is 5.16 Å². The van der Waals surface area contributed by atoms with Crippen molar-refractivity contribution in [2.24, 2.45) is 0 Å². The molecule has 1 heterocycles. The highest BCUT2D eigenvalue weighted by atomic mass is 16.5. The number of anilines is 1. The molecular formula is C10H12N2O3. The van der Waals surface area contributed by atoms with Crippen LogP contribution in [0.3, 0.4) is 0 Å². The quantitative estimate of drug-likeness (QED) is 0.770. The normalized spacial score (nSPS) is 10.7. The number of aromatic nitrogens is 1. The lowest BCUT2D eigenvalue weighted by atomic mass is 10.2. The molecule has 0 aliphatic heterocycles. The fourth-order valence-electron chi connectivity index (χ4n) is 1.34. The SMILES string of the molecule is COCCOc1cccc2onc(N)c12. The third-order valence-electron chi connectivity index (χ3n) is 2.03. The third-order valence-corrected chi connectivity index (χ3v) is 2.03. The zero-order valence-corrected chi connectivity index (χ0v) is 8.40. The van der Waals surface area contributed by atoms with Crippen LogP contribution in [0.4, 0.5) is 5.82 Å². The Kier molecular flexibility index (Phi) is 2.73. The van der Waals surface area contributed by atoms with Crippen molar-refractivity contribution in [1.29, 1.82) is 0 Å². The van der Waals surface area contributed by atoms with Crippen molar-refractivity contribution >= 4 is 16.8 Å². The lowest BCUT2D eigenvalue weighted by molar-refractivity contribution is 0.147. The summed E-state index contributed by atoms with van der Waals surface area (Å²) in [7, 11) is 1.62. The monoisotopic (exact) mass is 208 g/mol. The number of fused-ring (bicyclic) bond motifs is 1. The molecule has 0 aliphatic carbocycles. The average molecular weight is 208 g/mol. The van der Waals surface area contributed by atoms with Crippen LogP contribution in [0.5, 0.6) is 5.75 Å². The molecule has 0 amide bonds. The van der Waals surface area contributed by atoms with Gasteiger partial charge in [0.15, 0.2) is 11.4 Å². The number of benzene rings is 1. The summed E-state index contributed by atoms with van der Waals surface area (Å²) < 4.78 is 15.4. The van der Waals surface area contributed by atoms with Crippen molar-refractivity contribution in [3.63, 3.8) is 0 Å². The molecule has 0 atom stereocenters. The predicted octanol–water partition coefficient (Wildman–Crippen LogP) is 1.44. The maximum atomic E-state index is 5.67. The van der Waals surface area contributed by atoms with Gasteiger partial charge in [0.05, 0.1) is 6.61 Å². The van der Waals surface area contributed by atoms with Crippen molar-refractivity contribution in [2.45, 2.75) is 0 Å². The second kappa shape index (κ2) is 4.18.